The maximum atomic E-state index is 10.2. The van der Waals surface area contributed by atoms with E-state index in [4.69, 9.17) is 28.9 Å². The van der Waals surface area contributed by atoms with Gasteiger partial charge in [0.05, 0.1) is 10.0 Å². The van der Waals surface area contributed by atoms with Crippen molar-refractivity contribution in [2.45, 2.75) is 6.10 Å². The van der Waals surface area contributed by atoms with Gasteiger partial charge in [-0.3, -0.25) is 0 Å². The van der Waals surface area contributed by atoms with Gasteiger partial charge >= 0.3 is 0 Å². The summed E-state index contributed by atoms with van der Waals surface area (Å²) in [7, 11) is 0. The van der Waals surface area contributed by atoms with E-state index in [1.54, 1.807) is 42.5 Å². The third-order valence-electron chi connectivity index (χ3n) is 2.51. The summed E-state index contributed by atoms with van der Waals surface area (Å²) in [5.74, 6) is 0. The topological polar surface area (TPSA) is 46.2 Å². The van der Waals surface area contributed by atoms with Gasteiger partial charge in [-0.1, -0.05) is 41.4 Å². The van der Waals surface area contributed by atoms with Crippen LogP contribution < -0.4 is 5.73 Å². The van der Waals surface area contributed by atoms with Gasteiger partial charge < -0.3 is 10.8 Å². The molecular weight excluding hydrogens is 257 g/mol. The maximum absolute atomic E-state index is 10.2. The van der Waals surface area contributed by atoms with Crippen LogP contribution in [0.2, 0.25) is 10.0 Å². The summed E-state index contributed by atoms with van der Waals surface area (Å²) >= 11 is 11.7. The van der Waals surface area contributed by atoms with Crippen LogP contribution in [0.25, 0.3) is 0 Å². The van der Waals surface area contributed by atoms with Crippen LogP contribution in [-0.4, -0.2) is 5.11 Å². The van der Waals surface area contributed by atoms with Crippen LogP contribution in [0.3, 0.4) is 0 Å². The number of hydrogen-bond acceptors (Lipinski definition) is 2. The molecule has 1 atom stereocenters. The molecule has 0 bridgehead atoms. The van der Waals surface area contributed by atoms with Crippen molar-refractivity contribution in [2.24, 2.45) is 0 Å². The molecule has 0 aliphatic rings. The van der Waals surface area contributed by atoms with Gasteiger partial charge in [-0.2, -0.15) is 0 Å². The lowest BCUT2D eigenvalue weighted by atomic mass is 10.0. The molecule has 0 spiro atoms. The van der Waals surface area contributed by atoms with Crippen molar-refractivity contribution >= 4 is 28.9 Å². The predicted molar refractivity (Wildman–Crippen MR) is 71.4 cm³/mol. The number of anilines is 1. The lowest BCUT2D eigenvalue weighted by molar-refractivity contribution is 0.220. The Hall–Kier alpha value is -1.22. The number of benzene rings is 2. The van der Waals surface area contributed by atoms with Crippen molar-refractivity contribution in [3.8, 4) is 0 Å². The first-order valence-corrected chi connectivity index (χ1v) is 5.82. The van der Waals surface area contributed by atoms with E-state index in [0.717, 1.165) is 5.56 Å². The van der Waals surface area contributed by atoms with Crippen LogP contribution in [0.5, 0.6) is 0 Å². The van der Waals surface area contributed by atoms with Crippen LogP contribution >= 0.6 is 23.2 Å². The van der Waals surface area contributed by atoms with E-state index in [0.29, 0.717) is 21.3 Å². The van der Waals surface area contributed by atoms with E-state index in [1.165, 1.54) is 0 Å². The first-order chi connectivity index (χ1) is 8.08. The molecule has 0 aromatic heterocycles. The summed E-state index contributed by atoms with van der Waals surface area (Å²) < 4.78 is 0. The van der Waals surface area contributed by atoms with Gasteiger partial charge in [0.25, 0.3) is 0 Å². The van der Waals surface area contributed by atoms with Gasteiger partial charge in [0.2, 0.25) is 0 Å². The summed E-state index contributed by atoms with van der Waals surface area (Å²) in [5.41, 5.74) is 7.71. The lowest BCUT2D eigenvalue weighted by Crippen LogP contribution is -1.99. The smallest absolute Gasteiger partial charge is 0.104 e. The van der Waals surface area contributed by atoms with Crippen molar-refractivity contribution in [2.75, 3.05) is 5.73 Å². The molecule has 88 valence electrons. The Bertz CT molecular complexity index is 525. The van der Waals surface area contributed by atoms with Gasteiger partial charge in [-0.15, -0.1) is 0 Å². The molecule has 0 saturated heterocycles. The second kappa shape index (κ2) is 4.96. The molecular formula is C13H11Cl2NO. The van der Waals surface area contributed by atoms with Crippen LogP contribution in [0.1, 0.15) is 17.2 Å². The Kier molecular flexibility index (Phi) is 3.57. The highest BCUT2D eigenvalue weighted by molar-refractivity contribution is 6.42. The zero-order valence-electron chi connectivity index (χ0n) is 8.90. The van der Waals surface area contributed by atoms with E-state index in [9.17, 15) is 5.11 Å². The largest absolute Gasteiger partial charge is 0.399 e. The average Bonchev–Trinajstić information content (AvgIpc) is 2.33. The van der Waals surface area contributed by atoms with Crippen molar-refractivity contribution in [3.63, 3.8) is 0 Å². The van der Waals surface area contributed by atoms with Crippen molar-refractivity contribution in [1.82, 2.24) is 0 Å². The molecule has 2 nitrogen and oxygen atoms in total. The normalized spacial score (nSPS) is 12.4. The SMILES string of the molecule is Nc1ccc(C(O)c2ccc(Cl)c(Cl)c2)cc1. The standard InChI is InChI=1S/C13H11Cl2NO/c14-11-6-3-9(7-12(11)15)13(17)8-1-4-10(16)5-2-8/h1-7,13,17H,16H2. The van der Waals surface area contributed by atoms with Gasteiger partial charge in [0, 0.05) is 5.69 Å². The van der Waals surface area contributed by atoms with Crippen molar-refractivity contribution < 1.29 is 5.11 Å². The Morgan fingerprint density at radius 1 is 0.882 bits per heavy atom. The molecule has 0 saturated carbocycles. The van der Waals surface area contributed by atoms with Crippen LogP contribution in [-0.2, 0) is 0 Å². The van der Waals surface area contributed by atoms with Crippen LogP contribution in [0.15, 0.2) is 42.5 Å². The Morgan fingerprint density at radius 2 is 1.47 bits per heavy atom. The molecule has 17 heavy (non-hydrogen) atoms. The van der Waals surface area contributed by atoms with E-state index in [2.05, 4.69) is 0 Å². The number of aliphatic hydroxyl groups excluding tert-OH is 1. The average molecular weight is 268 g/mol. The minimum absolute atomic E-state index is 0.429. The molecule has 0 fully saturated rings. The van der Waals surface area contributed by atoms with Gasteiger partial charge in [-0.05, 0) is 35.4 Å². The van der Waals surface area contributed by atoms with Gasteiger partial charge in [-0.25, -0.2) is 0 Å². The van der Waals surface area contributed by atoms with Crippen molar-refractivity contribution in [1.29, 1.82) is 0 Å². The number of hydrogen-bond donors (Lipinski definition) is 2. The zero-order chi connectivity index (χ0) is 12.4. The van der Waals surface area contributed by atoms with Crippen LogP contribution in [0, 0.1) is 0 Å². The molecule has 2 aromatic carbocycles. The number of nitrogens with two attached hydrogens (primary N) is 1. The monoisotopic (exact) mass is 267 g/mol. The highest BCUT2D eigenvalue weighted by Crippen LogP contribution is 2.28. The fourth-order valence-electron chi connectivity index (χ4n) is 1.55. The Balaban J connectivity index is 2.33. The third kappa shape index (κ3) is 2.72. The highest BCUT2D eigenvalue weighted by Gasteiger charge is 2.11. The predicted octanol–water partition coefficient (Wildman–Crippen LogP) is 3.66. The molecule has 0 aliphatic heterocycles. The molecule has 4 heteroatoms. The van der Waals surface area contributed by atoms with E-state index in [-0.39, 0.29) is 0 Å². The molecule has 0 aliphatic carbocycles. The van der Waals surface area contributed by atoms with Gasteiger partial charge in [0.1, 0.15) is 6.10 Å². The first-order valence-electron chi connectivity index (χ1n) is 5.06. The zero-order valence-corrected chi connectivity index (χ0v) is 10.4. The Labute approximate surface area is 110 Å². The van der Waals surface area contributed by atoms with E-state index in [1.807, 2.05) is 0 Å². The molecule has 3 N–H and O–H groups in total. The number of rotatable bonds is 2. The molecule has 0 heterocycles. The molecule has 2 rings (SSSR count). The third-order valence-corrected chi connectivity index (χ3v) is 3.25. The van der Waals surface area contributed by atoms with Crippen LogP contribution in [0.4, 0.5) is 5.69 Å². The minimum atomic E-state index is -0.731. The van der Waals surface area contributed by atoms with Gasteiger partial charge in [0.15, 0.2) is 0 Å². The molecule has 0 amide bonds. The molecule has 0 radical (unpaired) electrons. The van der Waals surface area contributed by atoms with E-state index < -0.39 is 6.10 Å². The minimum Gasteiger partial charge on any atom is -0.399 e. The summed E-state index contributed by atoms with van der Waals surface area (Å²) in [6.07, 6.45) is -0.731. The number of aliphatic hydroxyl groups is 1. The molecule has 1 unspecified atom stereocenters. The second-order valence-corrected chi connectivity index (χ2v) is 4.56. The fraction of sp³-hybridized carbons (Fsp3) is 0.0769. The Morgan fingerprint density at radius 3 is 2.06 bits per heavy atom. The van der Waals surface area contributed by atoms with E-state index >= 15 is 0 Å². The quantitative estimate of drug-likeness (QED) is 0.816. The maximum Gasteiger partial charge on any atom is 0.104 e. The number of nitrogen functional groups attached to an aromatic ring is 1. The summed E-state index contributed by atoms with van der Waals surface area (Å²) in [6.45, 7) is 0. The fourth-order valence-corrected chi connectivity index (χ4v) is 1.86. The number of halogens is 2. The second-order valence-electron chi connectivity index (χ2n) is 3.74. The first kappa shape index (κ1) is 12.2. The highest BCUT2D eigenvalue weighted by atomic mass is 35.5. The van der Waals surface area contributed by atoms with Crippen molar-refractivity contribution in [3.05, 3.63) is 63.6 Å². The summed E-state index contributed by atoms with van der Waals surface area (Å²) in [5, 5.41) is 11.1. The summed E-state index contributed by atoms with van der Waals surface area (Å²) in [6, 6.07) is 12.1. The lowest BCUT2D eigenvalue weighted by Gasteiger charge is -2.12. The molecule has 2 aromatic rings. The summed E-state index contributed by atoms with van der Waals surface area (Å²) in [4.78, 5) is 0.